The molecular formula is C26H30N2O5. The molecule has 2 aliphatic carbocycles. The number of carbonyl (C=O) groups excluding carboxylic acids is 2. The van der Waals surface area contributed by atoms with Crippen LogP contribution in [0.25, 0.3) is 11.1 Å². The minimum absolute atomic E-state index is 0.00547. The number of hydrogen-bond donors (Lipinski definition) is 3. The van der Waals surface area contributed by atoms with Crippen molar-refractivity contribution >= 4 is 18.0 Å². The molecule has 33 heavy (non-hydrogen) atoms. The van der Waals surface area contributed by atoms with Crippen molar-refractivity contribution in [2.24, 2.45) is 11.8 Å². The van der Waals surface area contributed by atoms with Gasteiger partial charge in [0.25, 0.3) is 0 Å². The fourth-order valence-corrected chi connectivity index (χ4v) is 4.51. The van der Waals surface area contributed by atoms with Crippen LogP contribution in [0.4, 0.5) is 4.79 Å². The lowest BCUT2D eigenvalue weighted by molar-refractivity contribution is -0.139. The van der Waals surface area contributed by atoms with Gasteiger partial charge in [-0.1, -0.05) is 48.5 Å². The van der Waals surface area contributed by atoms with Crippen LogP contribution in [-0.2, 0) is 14.3 Å². The average Bonchev–Trinajstić information content (AvgIpc) is 3.50. The maximum absolute atomic E-state index is 12.5. The van der Waals surface area contributed by atoms with E-state index in [1.54, 1.807) is 0 Å². The van der Waals surface area contributed by atoms with E-state index in [-0.39, 0.29) is 36.7 Å². The van der Waals surface area contributed by atoms with Crippen LogP contribution in [0.3, 0.4) is 0 Å². The number of benzene rings is 2. The number of carboxylic acid groups (broad SMARTS) is 1. The maximum atomic E-state index is 12.5. The minimum Gasteiger partial charge on any atom is -0.481 e. The summed E-state index contributed by atoms with van der Waals surface area (Å²) in [7, 11) is 0. The van der Waals surface area contributed by atoms with Crippen LogP contribution in [-0.4, -0.2) is 41.8 Å². The Morgan fingerprint density at radius 1 is 1.03 bits per heavy atom. The number of amides is 2. The van der Waals surface area contributed by atoms with Crippen LogP contribution in [0.15, 0.2) is 48.5 Å². The molecule has 2 aliphatic rings. The molecule has 0 aromatic heterocycles. The first-order valence-electron chi connectivity index (χ1n) is 11.4. The Kier molecular flexibility index (Phi) is 6.40. The molecule has 0 heterocycles. The number of carbonyl (C=O) groups is 3. The fraction of sp³-hybridized carbons (Fsp3) is 0.423. The van der Waals surface area contributed by atoms with Gasteiger partial charge in [-0.05, 0) is 54.9 Å². The Labute approximate surface area is 193 Å². The quantitative estimate of drug-likeness (QED) is 0.537. The third-order valence-electron chi connectivity index (χ3n) is 6.56. The molecule has 0 aliphatic heterocycles. The number of ether oxygens (including phenoxy) is 1. The van der Waals surface area contributed by atoms with Crippen molar-refractivity contribution in [1.29, 1.82) is 0 Å². The minimum atomic E-state index is -0.803. The molecule has 7 nitrogen and oxygen atoms in total. The Bertz CT molecular complexity index is 1020. The summed E-state index contributed by atoms with van der Waals surface area (Å²) in [5, 5.41) is 14.6. The first kappa shape index (κ1) is 22.8. The molecule has 4 rings (SSSR count). The van der Waals surface area contributed by atoms with Crippen molar-refractivity contribution in [3.8, 4) is 11.1 Å². The van der Waals surface area contributed by atoms with E-state index in [0.29, 0.717) is 19.4 Å². The second-order valence-corrected chi connectivity index (χ2v) is 9.58. The summed E-state index contributed by atoms with van der Waals surface area (Å²) < 4.78 is 5.60. The number of hydrogen-bond acceptors (Lipinski definition) is 4. The second kappa shape index (κ2) is 9.25. The van der Waals surface area contributed by atoms with Gasteiger partial charge in [-0.15, -0.1) is 0 Å². The monoisotopic (exact) mass is 450 g/mol. The van der Waals surface area contributed by atoms with E-state index in [1.807, 2.05) is 38.1 Å². The highest BCUT2D eigenvalue weighted by Gasteiger charge is 2.43. The Hall–Kier alpha value is -3.35. The number of nitrogens with one attached hydrogen (secondary N) is 2. The van der Waals surface area contributed by atoms with E-state index in [1.165, 1.54) is 11.1 Å². The average molecular weight is 451 g/mol. The van der Waals surface area contributed by atoms with Gasteiger partial charge in [-0.25, -0.2) is 4.79 Å². The number of rotatable bonds is 9. The van der Waals surface area contributed by atoms with E-state index < -0.39 is 17.6 Å². The Balaban J connectivity index is 1.24. The topological polar surface area (TPSA) is 105 Å². The molecule has 0 radical (unpaired) electrons. The van der Waals surface area contributed by atoms with Crippen LogP contribution in [0.1, 0.15) is 50.2 Å². The van der Waals surface area contributed by atoms with Crippen LogP contribution >= 0.6 is 0 Å². The summed E-state index contributed by atoms with van der Waals surface area (Å²) in [6.07, 6.45) is 0.784. The zero-order valence-electron chi connectivity index (χ0n) is 19.0. The predicted octanol–water partition coefficient (Wildman–Crippen LogP) is 3.92. The fourth-order valence-electron chi connectivity index (χ4n) is 4.51. The number of fused-ring (bicyclic) bond motifs is 3. The lowest BCUT2D eigenvalue weighted by Gasteiger charge is -2.26. The Morgan fingerprint density at radius 2 is 1.64 bits per heavy atom. The molecule has 2 unspecified atom stereocenters. The molecule has 7 heteroatoms. The molecule has 2 aromatic rings. The van der Waals surface area contributed by atoms with E-state index in [2.05, 4.69) is 34.9 Å². The molecule has 2 atom stereocenters. The van der Waals surface area contributed by atoms with Gasteiger partial charge in [0, 0.05) is 24.4 Å². The normalized spacial score (nSPS) is 18.7. The molecule has 0 bridgehead atoms. The van der Waals surface area contributed by atoms with Crippen molar-refractivity contribution in [3.63, 3.8) is 0 Å². The molecule has 174 valence electrons. The number of carboxylic acids is 1. The van der Waals surface area contributed by atoms with Crippen LogP contribution in [0.2, 0.25) is 0 Å². The summed E-state index contributed by atoms with van der Waals surface area (Å²) in [4.78, 5) is 35.5. The van der Waals surface area contributed by atoms with Crippen molar-refractivity contribution in [3.05, 3.63) is 59.7 Å². The van der Waals surface area contributed by atoms with Gasteiger partial charge in [0.2, 0.25) is 5.91 Å². The third kappa shape index (κ3) is 5.35. The molecule has 1 fully saturated rings. The molecule has 1 saturated carbocycles. The third-order valence-corrected chi connectivity index (χ3v) is 6.56. The van der Waals surface area contributed by atoms with Crippen molar-refractivity contribution in [2.45, 2.75) is 44.6 Å². The summed E-state index contributed by atoms with van der Waals surface area (Å²) in [5.41, 5.74) is 4.04. The molecule has 2 aromatic carbocycles. The van der Waals surface area contributed by atoms with Gasteiger partial charge in [0.05, 0.1) is 5.92 Å². The maximum Gasteiger partial charge on any atom is 0.407 e. The van der Waals surface area contributed by atoms with Gasteiger partial charge in [-0.2, -0.15) is 0 Å². The number of alkyl carbamates (subject to hydrolysis) is 1. The van der Waals surface area contributed by atoms with Crippen molar-refractivity contribution in [2.75, 3.05) is 13.2 Å². The smallest absolute Gasteiger partial charge is 0.407 e. The van der Waals surface area contributed by atoms with Crippen LogP contribution in [0.5, 0.6) is 0 Å². The van der Waals surface area contributed by atoms with Gasteiger partial charge in [-0.3, -0.25) is 9.59 Å². The summed E-state index contributed by atoms with van der Waals surface area (Å²) in [6.45, 7) is 4.32. The van der Waals surface area contributed by atoms with E-state index in [0.717, 1.165) is 11.1 Å². The molecule has 0 saturated heterocycles. The second-order valence-electron chi connectivity index (χ2n) is 9.58. The standard InChI is InChI=1S/C26H30N2O5/c1-26(2,12-11-23(29)27-14-16-13-21(16)24(30)31)28-25(32)33-15-22-19-9-5-3-7-17(19)18-8-4-6-10-20(18)22/h3-10,16,21-22H,11-15H2,1-2H3,(H,27,29)(H,28,32)(H,30,31). The van der Waals surface area contributed by atoms with Crippen LogP contribution in [0, 0.1) is 11.8 Å². The SMILES string of the molecule is CC(C)(CCC(=O)NCC1CC1C(=O)O)NC(=O)OCC1c2ccccc2-c2ccccc21. The van der Waals surface area contributed by atoms with Crippen LogP contribution < -0.4 is 10.6 Å². The van der Waals surface area contributed by atoms with Crippen molar-refractivity contribution < 1.29 is 24.2 Å². The van der Waals surface area contributed by atoms with Gasteiger partial charge >= 0.3 is 12.1 Å². The zero-order valence-corrected chi connectivity index (χ0v) is 19.0. The lowest BCUT2D eigenvalue weighted by Crippen LogP contribution is -2.44. The predicted molar refractivity (Wildman–Crippen MR) is 124 cm³/mol. The highest BCUT2D eigenvalue weighted by atomic mass is 16.5. The molecule has 0 spiro atoms. The first-order valence-corrected chi connectivity index (χ1v) is 11.4. The zero-order chi connectivity index (χ0) is 23.6. The largest absolute Gasteiger partial charge is 0.481 e. The lowest BCUT2D eigenvalue weighted by atomic mass is 9.98. The summed E-state index contributed by atoms with van der Waals surface area (Å²) in [5.74, 6) is -1.26. The van der Waals surface area contributed by atoms with Gasteiger partial charge < -0.3 is 20.5 Å². The highest BCUT2D eigenvalue weighted by Crippen LogP contribution is 2.44. The summed E-state index contributed by atoms with van der Waals surface area (Å²) >= 11 is 0. The van der Waals surface area contributed by atoms with E-state index >= 15 is 0 Å². The Morgan fingerprint density at radius 3 is 2.21 bits per heavy atom. The first-order chi connectivity index (χ1) is 15.7. The molecule has 3 N–H and O–H groups in total. The highest BCUT2D eigenvalue weighted by molar-refractivity contribution is 5.79. The number of aliphatic carboxylic acids is 1. The summed E-state index contributed by atoms with van der Waals surface area (Å²) in [6, 6.07) is 16.3. The van der Waals surface area contributed by atoms with Gasteiger partial charge in [0.15, 0.2) is 0 Å². The van der Waals surface area contributed by atoms with E-state index in [9.17, 15) is 14.4 Å². The molecular weight excluding hydrogens is 420 g/mol. The van der Waals surface area contributed by atoms with Gasteiger partial charge in [0.1, 0.15) is 6.61 Å². The van der Waals surface area contributed by atoms with Crippen molar-refractivity contribution in [1.82, 2.24) is 10.6 Å². The molecule has 2 amide bonds. The van der Waals surface area contributed by atoms with E-state index in [4.69, 9.17) is 9.84 Å².